The Bertz CT molecular complexity index is 356. The summed E-state index contributed by atoms with van der Waals surface area (Å²) in [6.07, 6.45) is 0. The van der Waals surface area contributed by atoms with Crippen molar-refractivity contribution < 1.29 is 42.0 Å². The Morgan fingerprint density at radius 1 is 1.19 bits per heavy atom. The molecule has 1 rings (SSSR count). The Labute approximate surface area is 102 Å². The molecular formula is C9H11MnNO5. The number of carboxylic acids is 2. The van der Waals surface area contributed by atoms with Gasteiger partial charge in [-0.1, -0.05) is 12.1 Å². The maximum absolute atomic E-state index is 10.3. The molecule has 0 atom stereocenters. The molecule has 1 aromatic rings. The predicted molar refractivity (Wildman–Crippen MR) is 51.8 cm³/mol. The number of hydrogen-bond donors (Lipinski definition) is 4. The van der Waals surface area contributed by atoms with E-state index in [1.165, 1.54) is 12.1 Å². The van der Waals surface area contributed by atoms with Crippen LogP contribution in [0.4, 0.5) is 0 Å². The number of aromatic hydroxyl groups is 1. The number of nitrogens with two attached hydrogens (primary N) is 1. The normalized spacial score (nSPS) is 8.06. The molecule has 16 heavy (non-hydrogen) atoms. The van der Waals surface area contributed by atoms with Crippen molar-refractivity contribution in [2.24, 2.45) is 5.73 Å². The Morgan fingerprint density at radius 3 is 1.88 bits per heavy atom. The zero-order chi connectivity index (χ0) is 11.8. The zero-order valence-electron chi connectivity index (χ0n) is 8.13. The summed E-state index contributed by atoms with van der Waals surface area (Å²) >= 11 is 0. The fourth-order valence-corrected chi connectivity index (χ4v) is 0.654. The topological polar surface area (TPSA) is 121 Å². The Morgan fingerprint density at radius 2 is 1.62 bits per heavy atom. The van der Waals surface area contributed by atoms with Crippen molar-refractivity contribution in [1.29, 1.82) is 0 Å². The van der Waals surface area contributed by atoms with Crippen LogP contribution in [-0.4, -0.2) is 33.8 Å². The minimum absolute atomic E-state index is 0. The van der Waals surface area contributed by atoms with E-state index in [9.17, 15) is 9.59 Å². The number of benzene rings is 1. The number of para-hydroxylation sites is 1. The largest absolute Gasteiger partial charge is 0.507 e. The summed E-state index contributed by atoms with van der Waals surface area (Å²) in [5.74, 6) is -2.28. The number of carbonyl (C=O) groups is 2. The van der Waals surface area contributed by atoms with Crippen molar-refractivity contribution in [2.45, 2.75) is 0 Å². The van der Waals surface area contributed by atoms with Gasteiger partial charge in [0.2, 0.25) is 0 Å². The molecule has 0 saturated carbocycles. The van der Waals surface area contributed by atoms with Crippen molar-refractivity contribution >= 4 is 11.9 Å². The second-order valence-electron chi connectivity index (χ2n) is 2.42. The maximum Gasteiger partial charge on any atom is 0.339 e. The molecule has 0 bridgehead atoms. The summed E-state index contributed by atoms with van der Waals surface area (Å²) in [6, 6.07) is 5.81. The molecular weight excluding hydrogens is 257 g/mol. The molecule has 0 heterocycles. The minimum atomic E-state index is -1.11. The van der Waals surface area contributed by atoms with Gasteiger partial charge in [0.05, 0.1) is 6.54 Å². The van der Waals surface area contributed by atoms with Gasteiger partial charge in [0, 0.05) is 17.1 Å². The van der Waals surface area contributed by atoms with Crippen LogP contribution in [0.5, 0.6) is 5.75 Å². The van der Waals surface area contributed by atoms with E-state index in [2.05, 4.69) is 5.73 Å². The summed E-state index contributed by atoms with van der Waals surface area (Å²) in [5, 5.41) is 24.9. The van der Waals surface area contributed by atoms with Crippen LogP contribution in [0.25, 0.3) is 0 Å². The average Bonchev–Trinajstić information content (AvgIpc) is 2.19. The van der Waals surface area contributed by atoms with Gasteiger partial charge in [-0.25, -0.2) is 4.79 Å². The summed E-state index contributed by atoms with van der Waals surface area (Å²) in [7, 11) is 0. The van der Waals surface area contributed by atoms with Crippen LogP contribution in [0.3, 0.4) is 0 Å². The van der Waals surface area contributed by atoms with Gasteiger partial charge in [-0.15, -0.1) is 0 Å². The Balaban J connectivity index is 0. The van der Waals surface area contributed by atoms with Crippen LogP contribution in [0.1, 0.15) is 10.4 Å². The third kappa shape index (κ3) is 6.83. The number of rotatable bonds is 2. The number of hydrogen-bond acceptors (Lipinski definition) is 4. The predicted octanol–water partition coefficient (Wildman–Crippen LogP) is 0.118. The molecule has 1 radical (unpaired) electrons. The van der Waals surface area contributed by atoms with Crippen molar-refractivity contribution in [2.75, 3.05) is 6.54 Å². The van der Waals surface area contributed by atoms with Crippen molar-refractivity contribution in [3.05, 3.63) is 29.8 Å². The van der Waals surface area contributed by atoms with E-state index in [0.717, 1.165) is 0 Å². The molecule has 0 saturated heterocycles. The van der Waals surface area contributed by atoms with E-state index in [4.69, 9.17) is 15.3 Å². The first-order valence-electron chi connectivity index (χ1n) is 3.92. The third-order valence-corrected chi connectivity index (χ3v) is 1.31. The summed E-state index contributed by atoms with van der Waals surface area (Å²) in [4.78, 5) is 19.5. The smallest absolute Gasteiger partial charge is 0.339 e. The van der Waals surface area contributed by atoms with Crippen LogP contribution in [-0.2, 0) is 21.9 Å². The fourth-order valence-electron chi connectivity index (χ4n) is 0.654. The van der Waals surface area contributed by atoms with E-state index in [1.807, 2.05) is 0 Å². The van der Waals surface area contributed by atoms with Gasteiger partial charge in [0.25, 0.3) is 0 Å². The number of aromatic carboxylic acids is 1. The van der Waals surface area contributed by atoms with Crippen LogP contribution in [0.2, 0.25) is 0 Å². The molecule has 0 aromatic heterocycles. The first kappa shape index (κ1) is 16.9. The van der Waals surface area contributed by atoms with Gasteiger partial charge >= 0.3 is 11.9 Å². The maximum atomic E-state index is 10.3. The van der Waals surface area contributed by atoms with E-state index < -0.39 is 11.9 Å². The molecule has 0 amide bonds. The number of carboxylic acid groups (broad SMARTS) is 2. The summed E-state index contributed by atoms with van der Waals surface area (Å²) in [6.45, 7) is -0.278. The monoisotopic (exact) mass is 268 g/mol. The van der Waals surface area contributed by atoms with Gasteiger partial charge in [0.15, 0.2) is 0 Å². The molecule has 0 aliphatic rings. The molecule has 7 heteroatoms. The second kappa shape index (κ2) is 8.72. The van der Waals surface area contributed by atoms with Crippen LogP contribution in [0, 0.1) is 0 Å². The molecule has 0 aliphatic carbocycles. The molecule has 0 aliphatic heterocycles. The zero-order valence-corrected chi connectivity index (χ0v) is 9.31. The summed E-state index contributed by atoms with van der Waals surface area (Å²) < 4.78 is 0. The molecule has 6 nitrogen and oxygen atoms in total. The average molecular weight is 268 g/mol. The van der Waals surface area contributed by atoms with Crippen LogP contribution < -0.4 is 5.73 Å². The SMILES string of the molecule is NCC(=O)O.O=C(O)c1ccccc1O.[Mn]. The Hall–Kier alpha value is -1.56. The third-order valence-electron chi connectivity index (χ3n) is 1.31. The second-order valence-corrected chi connectivity index (χ2v) is 2.42. The molecule has 0 unspecified atom stereocenters. The molecule has 0 spiro atoms. The quantitative estimate of drug-likeness (QED) is 0.565. The van der Waals surface area contributed by atoms with Crippen molar-refractivity contribution in [1.82, 2.24) is 0 Å². The van der Waals surface area contributed by atoms with Crippen LogP contribution in [0.15, 0.2) is 24.3 Å². The van der Waals surface area contributed by atoms with E-state index >= 15 is 0 Å². The first-order valence-corrected chi connectivity index (χ1v) is 3.92. The Kier molecular flexibility index (Phi) is 9.19. The van der Waals surface area contributed by atoms with Crippen molar-refractivity contribution in [3.8, 4) is 5.75 Å². The van der Waals surface area contributed by atoms with Gasteiger partial charge in [0.1, 0.15) is 11.3 Å². The van der Waals surface area contributed by atoms with Crippen molar-refractivity contribution in [3.63, 3.8) is 0 Å². The number of phenols is 1. The van der Waals surface area contributed by atoms with E-state index in [-0.39, 0.29) is 34.9 Å². The van der Waals surface area contributed by atoms with Crippen LogP contribution >= 0.6 is 0 Å². The van der Waals surface area contributed by atoms with Gasteiger partial charge in [-0.2, -0.15) is 0 Å². The molecule has 1 aromatic carbocycles. The standard InChI is InChI=1S/C7H6O3.C2H5NO2.Mn/c8-6-4-2-1-3-5(6)7(9)10;3-1-2(4)5;/h1-4,8H,(H,9,10);1,3H2,(H,4,5);. The summed E-state index contributed by atoms with van der Waals surface area (Å²) in [5.41, 5.74) is 4.50. The minimum Gasteiger partial charge on any atom is -0.507 e. The van der Waals surface area contributed by atoms with Gasteiger partial charge < -0.3 is 21.1 Å². The molecule has 89 valence electrons. The van der Waals surface area contributed by atoms with E-state index in [1.54, 1.807) is 12.1 Å². The van der Waals surface area contributed by atoms with Gasteiger partial charge in [-0.3, -0.25) is 4.79 Å². The van der Waals surface area contributed by atoms with E-state index in [0.29, 0.717) is 0 Å². The first-order chi connectivity index (χ1) is 6.99. The number of aliphatic carboxylic acids is 1. The fraction of sp³-hybridized carbons (Fsp3) is 0.111. The molecule has 0 fully saturated rings. The molecule has 5 N–H and O–H groups in total. The van der Waals surface area contributed by atoms with Gasteiger partial charge in [-0.05, 0) is 12.1 Å².